The van der Waals surface area contributed by atoms with E-state index < -0.39 is 0 Å². The van der Waals surface area contributed by atoms with Gasteiger partial charge in [0, 0.05) is 37.3 Å². The predicted octanol–water partition coefficient (Wildman–Crippen LogP) is 2.98. The van der Waals surface area contributed by atoms with Crippen LogP contribution in [0.2, 0.25) is 0 Å². The number of rotatable bonds is 6. The van der Waals surface area contributed by atoms with Crippen molar-refractivity contribution in [3.8, 4) is 0 Å². The minimum Gasteiger partial charge on any atom is -0.352 e. The molecule has 1 fully saturated rings. The van der Waals surface area contributed by atoms with E-state index in [1.807, 2.05) is 18.2 Å². The SMILES string of the molecule is CC(=O)N1CCc2cc(C(=O)NCCCCN3CCCCC3C)ccc21. The zero-order chi connectivity index (χ0) is 18.5. The summed E-state index contributed by atoms with van der Waals surface area (Å²) in [5, 5.41) is 3.04. The summed E-state index contributed by atoms with van der Waals surface area (Å²) in [5.41, 5.74) is 2.73. The van der Waals surface area contributed by atoms with Gasteiger partial charge in [-0.2, -0.15) is 0 Å². The highest BCUT2D eigenvalue weighted by atomic mass is 16.2. The lowest BCUT2D eigenvalue weighted by molar-refractivity contribution is -0.116. The number of unbranched alkanes of at least 4 members (excludes halogenated alkanes) is 1. The van der Waals surface area contributed by atoms with E-state index in [2.05, 4.69) is 17.1 Å². The van der Waals surface area contributed by atoms with Gasteiger partial charge < -0.3 is 15.1 Å². The topological polar surface area (TPSA) is 52.7 Å². The molecule has 1 saturated heterocycles. The fourth-order valence-corrected chi connectivity index (χ4v) is 4.10. The van der Waals surface area contributed by atoms with E-state index in [1.165, 1.54) is 25.8 Å². The Morgan fingerprint density at radius 3 is 2.81 bits per heavy atom. The van der Waals surface area contributed by atoms with Crippen molar-refractivity contribution in [1.29, 1.82) is 0 Å². The molecule has 1 aromatic carbocycles. The number of carbonyl (C=O) groups excluding carboxylic acids is 2. The molecular formula is C21H31N3O2. The first-order valence-electron chi connectivity index (χ1n) is 9.99. The Morgan fingerprint density at radius 2 is 2.04 bits per heavy atom. The van der Waals surface area contributed by atoms with Crippen LogP contribution in [0.3, 0.4) is 0 Å². The summed E-state index contributed by atoms with van der Waals surface area (Å²) in [4.78, 5) is 28.3. The molecule has 2 amide bonds. The Bertz CT molecular complexity index is 659. The van der Waals surface area contributed by atoms with Gasteiger partial charge in [0.15, 0.2) is 0 Å². The van der Waals surface area contributed by atoms with Gasteiger partial charge in [0.25, 0.3) is 5.91 Å². The standard InChI is InChI=1S/C21H31N3O2/c1-16-7-3-5-12-23(16)13-6-4-11-22-21(26)19-8-9-20-18(15-19)10-14-24(20)17(2)25/h8-9,15-16H,3-7,10-14H2,1-2H3,(H,22,26). The number of carbonyl (C=O) groups is 2. The van der Waals surface area contributed by atoms with Crippen LogP contribution >= 0.6 is 0 Å². The monoisotopic (exact) mass is 357 g/mol. The quantitative estimate of drug-likeness (QED) is 0.797. The number of nitrogens with one attached hydrogen (secondary N) is 1. The minimum atomic E-state index is -0.0135. The van der Waals surface area contributed by atoms with Crippen LogP contribution in [-0.4, -0.2) is 48.9 Å². The molecule has 1 aromatic rings. The first kappa shape index (κ1) is 18.9. The van der Waals surface area contributed by atoms with Crippen LogP contribution in [0.5, 0.6) is 0 Å². The highest BCUT2D eigenvalue weighted by Gasteiger charge is 2.23. The van der Waals surface area contributed by atoms with Crippen LogP contribution in [0.4, 0.5) is 5.69 Å². The summed E-state index contributed by atoms with van der Waals surface area (Å²) in [6, 6.07) is 6.36. The van der Waals surface area contributed by atoms with Crippen LogP contribution < -0.4 is 10.2 Å². The Morgan fingerprint density at radius 1 is 1.19 bits per heavy atom. The first-order chi connectivity index (χ1) is 12.6. The van der Waals surface area contributed by atoms with Crippen molar-refractivity contribution in [2.45, 2.75) is 58.4 Å². The Labute approximate surface area is 156 Å². The zero-order valence-electron chi connectivity index (χ0n) is 16.1. The third kappa shape index (κ3) is 4.44. The minimum absolute atomic E-state index is 0.0135. The molecule has 142 valence electrons. The van der Waals surface area contributed by atoms with E-state index >= 15 is 0 Å². The molecule has 26 heavy (non-hydrogen) atoms. The van der Waals surface area contributed by atoms with Crippen molar-refractivity contribution >= 4 is 17.5 Å². The molecule has 2 heterocycles. The fraction of sp³-hybridized carbons (Fsp3) is 0.619. The smallest absolute Gasteiger partial charge is 0.251 e. The number of hydrogen-bond acceptors (Lipinski definition) is 3. The average Bonchev–Trinajstić information content (AvgIpc) is 3.06. The Kier molecular flexibility index (Phi) is 6.30. The summed E-state index contributed by atoms with van der Waals surface area (Å²) in [6.07, 6.45) is 6.96. The van der Waals surface area contributed by atoms with Crippen molar-refractivity contribution in [3.05, 3.63) is 29.3 Å². The van der Waals surface area contributed by atoms with Gasteiger partial charge in [0.2, 0.25) is 5.91 Å². The van der Waals surface area contributed by atoms with Crippen molar-refractivity contribution in [1.82, 2.24) is 10.2 Å². The molecule has 0 saturated carbocycles. The number of hydrogen-bond donors (Lipinski definition) is 1. The maximum atomic E-state index is 12.4. The number of amides is 2. The summed E-state index contributed by atoms with van der Waals surface area (Å²) < 4.78 is 0. The van der Waals surface area contributed by atoms with Gasteiger partial charge in [-0.25, -0.2) is 0 Å². The maximum absolute atomic E-state index is 12.4. The number of fused-ring (bicyclic) bond motifs is 1. The number of anilines is 1. The van der Waals surface area contributed by atoms with E-state index in [-0.39, 0.29) is 11.8 Å². The Balaban J connectivity index is 1.42. The molecule has 2 aliphatic rings. The van der Waals surface area contributed by atoms with E-state index in [9.17, 15) is 9.59 Å². The fourth-order valence-electron chi connectivity index (χ4n) is 4.10. The first-order valence-corrected chi connectivity index (χ1v) is 9.99. The largest absolute Gasteiger partial charge is 0.352 e. The normalized spacial score (nSPS) is 20.1. The number of nitrogens with zero attached hydrogens (tertiary/aromatic N) is 2. The van der Waals surface area contributed by atoms with Crippen molar-refractivity contribution in [3.63, 3.8) is 0 Å². The average molecular weight is 357 g/mol. The maximum Gasteiger partial charge on any atom is 0.251 e. The molecule has 0 spiro atoms. The highest BCUT2D eigenvalue weighted by Crippen LogP contribution is 2.28. The third-order valence-electron chi connectivity index (χ3n) is 5.72. The second kappa shape index (κ2) is 8.67. The molecule has 1 N–H and O–H groups in total. The van der Waals surface area contributed by atoms with E-state index in [1.54, 1.807) is 11.8 Å². The lowest BCUT2D eigenvalue weighted by atomic mass is 10.0. The van der Waals surface area contributed by atoms with E-state index in [0.717, 1.165) is 43.6 Å². The van der Waals surface area contributed by atoms with Gasteiger partial charge in [0.05, 0.1) is 0 Å². The summed E-state index contributed by atoms with van der Waals surface area (Å²) in [6.45, 7) is 7.70. The zero-order valence-corrected chi connectivity index (χ0v) is 16.1. The molecule has 2 aliphatic heterocycles. The summed E-state index contributed by atoms with van der Waals surface area (Å²) >= 11 is 0. The van der Waals surface area contributed by atoms with Crippen LogP contribution in [0.1, 0.15) is 61.9 Å². The molecule has 0 aromatic heterocycles. The summed E-state index contributed by atoms with van der Waals surface area (Å²) in [5.74, 6) is 0.0457. The summed E-state index contributed by atoms with van der Waals surface area (Å²) in [7, 11) is 0. The lowest BCUT2D eigenvalue weighted by Gasteiger charge is -2.33. The van der Waals surface area contributed by atoms with Gasteiger partial charge in [0.1, 0.15) is 0 Å². The molecular weight excluding hydrogens is 326 g/mol. The molecule has 0 aliphatic carbocycles. The van der Waals surface area contributed by atoms with Crippen LogP contribution in [0.25, 0.3) is 0 Å². The van der Waals surface area contributed by atoms with Crippen LogP contribution in [0.15, 0.2) is 18.2 Å². The molecule has 1 atom stereocenters. The van der Waals surface area contributed by atoms with Crippen molar-refractivity contribution < 1.29 is 9.59 Å². The second-order valence-corrected chi connectivity index (χ2v) is 7.61. The lowest BCUT2D eigenvalue weighted by Crippen LogP contribution is -2.38. The molecule has 5 heteroatoms. The van der Waals surface area contributed by atoms with Gasteiger partial charge >= 0.3 is 0 Å². The van der Waals surface area contributed by atoms with E-state index in [0.29, 0.717) is 18.2 Å². The highest BCUT2D eigenvalue weighted by molar-refractivity contribution is 5.97. The van der Waals surface area contributed by atoms with E-state index in [4.69, 9.17) is 0 Å². The number of likely N-dealkylation sites (tertiary alicyclic amines) is 1. The van der Waals surface area contributed by atoms with Gasteiger partial charge in [-0.05, 0) is 75.9 Å². The van der Waals surface area contributed by atoms with Crippen molar-refractivity contribution in [2.24, 2.45) is 0 Å². The van der Waals surface area contributed by atoms with Crippen LogP contribution in [0, 0.1) is 0 Å². The molecule has 3 rings (SSSR count). The number of piperidine rings is 1. The van der Waals surface area contributed by atoms with Crippen molar-refractivity contribution in [2.75, 3.05) is 31.1 Å². The van der Waals surface area contributed by atoms with Gasteiger partial charge in [-0.3, -0.25) is 9.59 Å². The Hall–Kier alpha value is -1.88. The number of benzene rings is 1. The molecule has 5 nitrogen and oxygen atoms in total. The van der Waals surface area contributed by atoms with Gasteiger partial charge in [-0.15, -0.1) is 0 Å². The van der Waals surface area contributed by atoms with Crippen LogP contribution in [-0.2, 0) is 11.2 Å². The third-order valence-corrected chi connectivity index (χ3v) is 5.72. The molecule has 0 radical (unpaired) electrons. The molecule has 0 bridgehead atoms. The second-order valence-electron chi connectivity index (χ2n) is 7.61. The van der Waals surface area contributed by atoms with Gasteiger partial charge in [-0.1, -0.05) is 6.42 Å². The molecule has 1 unspecified atom stereocenters. The predicted molar refractivity (Wildman–Crippen MR) is 105 cm³/mol.